The molecule has 0 amide bonds. The number of rotatable bonds is 3. The van der Waals surface area contributed by atoms with Crippen molar-refractivity contribution in [3.05, 3.63) is 53.3 Å². The first kappa shape index (κ1) is 10.9. The van der Waals surface area contributed by atoms with E-state index in [1.54, 1.807) is 0 Å². The van der Waals surface area contributed by atoms with E-state index in [4.69, 9.17) is 5.73 Å². The number of benzene rings is 1. The van der Waals surface area contributed by atoms with Gasteiger partial charge in [0.2, 0.25) is 0 Å². The highest BCUT2D eigenvalue weighted by molar-refractivity contribution is 5.34. The van der Waals surface area contributed by atoms with E-state index in [2.05, 4.69) is 31.1 Å². The minimum atomic E-state index is -0.0819. The molecule has 1 atom stereocenters. The van der Waals surface area contributed by atoms with E-state index in [0.717, 1.165) is 17.7 Å². The van der Waals surface area contributed by atoms with Gasteiger partial charge in [0.25, 0.3) is 0 Å². The van der Waals surface area contributed by atoms with Crippen LogP contribution in [0.4, 0.5) is 0 Å². The van der Waals surface area contributed by atoms with Gasteiger partial charge < -0.3 is 5.73 Å². The second-order valence-corrected chi connectivity index (χ2v) is 3.96. The lowest BCUT2D eigenvalue weighted by Crippen LogP contribution is -2.12. The summed E-state index contributed by atoms with van der Waals surface area (Å²) in [5, 5.41) is 4.25. The molecule has 1 unspecified atom stereocenters. The van der Waals surface area contributed by atoms with Crippen molar-refractivity contribution in [3.8, 4) is 0 Å². The smallest absolute Gasteiger partial charge is 0.0585 e. The average Bonchev–Trinajstić information content (AvgIpc) is 2.77. The zero-order valence-corrected chi connectivity index (χ0v) is 9.72. The number of hydrogen-bond donors (Lipinski definition) is 1. The molecule has 2 aromatic rings. The van der Waals surface area contributed by atoms with Gasteiger partial charge in [-0.2, -0.15) is 5.10 Å². The molecule has 0 saturated carbocycles. The lowest BCUT2D eigenvalue weighted by atomic mass is 9.98. The molecule has 1 aromatic heterocycles. The third-order valence-corrected chi connectivity index (χ3v) is 2.86. The molecule has 3 heteroatoms. The second-order valence-electron chi connectivity index (χ2n) is 3.96. The highest BCUT2D eigenvalue weighted by atomic mass is 15.3. The number of nitrogens with two attached hydrogens (primary N) is 1. The van der Waals surface area contributed by atoms with Crippen LogP contribution in [0.5, 0.6) is 0 Å². The van der Waals surface area contributed by atoms with Crippen molar-refractivity contribution in [2.45, 2.75) is 26.4 Å². The van der Waals surface area contributed by atoms with Crippen LogP contribution in [0.25, 0.3) is 0 Å². The largest absolute Gasteiger partial charge is 0.320 e. The SMILES string of the molecule is CCn1cc(C(N)c2ccccc2C)cn1. The maximum atomic E-state index is 6.23. The van der Waals surface area contributed by atoms with Gasteiger partial charge in [-0.3, -0.25) is 4.68 Å². The predicted molar refractivity (Wildman–Crippen MR) is 65.1 cm³/mol. The van der Waals surface area contributed by atoms with Gasteiger partial charge in [-0.1, -0.05) is 24.3 Å². The Kier molecular flexibility index (Phi) is 3.06. The number of nitrogens with zero attached hydrogens (tertiary/aromatic N) is 2. The number of aryl methyl sites for hydroxylation is 2. The van der Waals surface area contributed by atoms with Gasteiger partial charge in [0, 0.05) is 18.3 Å². The molecule has 2 N–H and O–H groups in total. The van der Waals surface area contributed by atoms with Crippen LogP contribution in [0.3, 0.4) is 0 Å². The second kappa shape index (κ2) is 4.49. The van der Waals surface area contributed by atoms with Crippen molar-refractivity contribution in [2.75, 3.05) is 0 Å². The first-order valence-electron chi connectivity index (χ1n) is 5.56. The standard InChI is InChI=1S/C13H17N3/c1-3-16-9-11(8-15-16)13(14)12-7-5-4-6-10(12)2/h4-9,13H,3,14H2,1-2H3. The molecule has 0 aliphatic carbocycles. The van der Waals surface area contributed by atoms with Gasteiger partial charge in [0.05, 0.1) is 12.2 Å². The molecule has 1 heterocycles. The van der Waals surface area contributed by atoms with E-state index in [1.165, 1.54) is 5.56 Å². The minimum absolute atomic E-state index is 0.0819. The minimum Gasteiger partial charge on any atom is -0.320 e. The molecule has 0 bridgehead atoms. The van der Waals surface area contributed by atoms with E-state index >= 15 is 0 Å². The lowest BCUT2D eigenvalue weighted by molar-refractivity contribution is 0.658. The molecule has 2 rings (SSSR count). The van der Waals surface area contributed by atoms with E-state index < -0.39 is 0 Å². The Hall–Kier alpha value is -1.61. The fourth-order valence-corrected chi connectivity index (χ4v) is 1.83. The molecule has 84 valence electrons. The summed E-state index contributed by atoms with van der Waals surface area (Å²) in [6.45, 7) is 5.02. The van der Waals surface area contributed by atoms with Crippen LogP contribution in [0.1, 0.15) is 29.7 Å². The Morgan fingerprint density at radius 3 is 2.75 bits per heavy atom. The fourth-order valence-electron chi connectivity index (χ4n) is 1.83. The highest BCUT2D eigenvalue weighted by Gasteiger charge is 2.12. The summed E-state index contributed by atoms with van der Waals surface area (Å²) in [4.78, 5) is 0. The summed E-state index contributed by atoms with van der Waals surface area (Å²) in [7, 11) is 0. The fraction of sp³-hybridized carbons (Fsp3) is 0.308. The van der Waals surface area contributed by atoms with Crippen LogP contribution in [0.2, 0.25) is 0 Å². The summed E-state index contributed by atoms with van der Waals surface area (Å²) in [6.07, 6.45) is 3.86. The van der Waals surface area contributed by atoms with Gasteiger partial charge in [-0.05, 0) is 25.0 Å². The summed E-state index contributed by atoms with van der Waals surface area (Å²) in [6, 6.07) is 8.12. The number of hydrogen-bond acceptors (Lipinski definition) is 2. The van der Waals surface area contributed by atoms with E-state index in [0.29, 0.717) is 0 Å². The molecule has 0 spiro atoms. The molecule has 0 radical (unpaired) electrons. The van der Waals surface area contributed by atoms with Gasteiger partial charge in [0.1, 0.15) is 0 Å². The van der Waals surface area contributed by atoms with Crippen molar-refractivity contribution in [2.24, 2.45) is 5.73 Å². The third kappa shape index (κ3) is 1.99. The van der Waals surface area contributed by atoms with Crippen LogP contribution >= 0.6 is 0 Å². The zero-order valence-electron chi connectivity index (χ0n) is 9.72. The molecule has 1 aromatic carbocycles. The third-order valence-electron chi connectivity index (χ3n) is 2.86. The summed E-state index contributed by atoms with van der Waals surface area (Å²) < 4.78 is 1.90. The van der Waals surface area contributed by atoms with Gasteiger partial charge in [0.15, 0.2) is 0 Å². The highest BCUT2D eigenvalue weighted by Crippen LogP contribution is 2.21. The molecular weight excluding hydrogens is 198 g/mol. The zero-order chi connectivity index (χ0) is 11.5. The van der Waals surface area contributed by atoms with Gasteiger partial charge in [-0.15, -0.1) is 0 Å². The van der Waals surface area contributed by atoms with Crippen LogP contribution in [-0.2, 0) is 6.54 Å². The molecule has 16 heavy (non-hydrogen) atoms. The van der Waals surface area contributed by atoms with Crippen molar-refractivity contribution in [1.29, 1.82) is 0 Å². The van der Waals surface area contributed by atoms with Gasteiger partial charge >= 0.3 is 0 Å². The maximum Gasteiger partial charge on any atom is 0.0585 e. The monoisotopic (exact) mass is 215 g/mol. The Labute approximate surface area is 95.9 Å². The Bertz CT molecular complexity index is 474. The van der Waals surface area contributed by atoms with E-state index in [1.807, 2.05) is 29.2 Å². The Morgan fingerprint density at radius 1 is 1.38 bits per heavy atom. The molecule has 0 aliphatic rings. The molecule has 3 nitrogen and oxygen atoms in total. The van der Waals surface area contributed by atoms with E-state index in [-0.39, 0.29) is 6.04 Å². The quantitative estimate of drug-likeness (QED) is 0.853. The normalized spacial score (nSPS) is 12.7. The van der Waals surface area contributed by atoms with Crippen LogP contribution in [0, 0.1) is 6.92 Å². The average molecular weight is 215 g/mol. The molecular formula is C13H17N3. The lowest BCUT2D eigenvalue weighted by Gasteiger charge is -2.12. The first-order valence-corrected chi connectivity index (χ1v) is 5.56. The molecule has 0 saturated heterocycles. The molecule has 0 aliphatic heterocycles. The Morgan fingerprint density at radius 2 is 2.12 bits per heavy atom. The summed E-state index contributed by atoms with van der Waals surface area (Å²) in [5.74, 6) is 0. The number of aromatic nitrogens is 2. The molecule has 0 fully saturated rings. The maximum absolute atomic E-state index is 6.23. The van der Waals surface area contributed by atoms with Gasteiger partial charge in [-0.25, -0.2) is 0 Å². The van der Waals surface area contributed by atoms with Crippen LogP contribution in [0.15, 0.2) is 36.7 Å². The van der Waals surface area contributed by atoms with Crippen molar-refractivity contribution >= 4 is 0 Å². The first-order chi connectivity index (χ1) is 7.72. The van der Waals surface area contributed by atoms with Crippen molar-refractivity contribution in [3.63, 3.8) is 0 Å². The summed E-state index contributed by atoms with van der Waals surface area (Å²) in [5.41, 5.74) is 9.68. The summed E-state index contributed by atoms with van der Waals surface area (Å²) >= 11 is 0. The predicted octanol–water partition coefficient (Wildman–Crippen LogP) is 2.26. The van der Waals surface area contributed by atoms with Crippen molar-refractivity contribution < 1.29 is 0 Å². The van der Waals surface area contributed by atoms with Crippen molar-refractivity contribution in [1.82, 2.24) is 9.78 Å². The topological polar surface area (TPSA) is 43.8 Å². The Balaban J connectivity index is 2.31. The van der Waals surface area contributed by atoms with E-state index in [9.17, 15) is 0 Å². The van der Waals surface area contributed by atoms with Crippen LogP contribution < -0.4 is 5.73 Å². The van der Waals surface area contributed by atoms with Crippen LogP contribution in [-0.4, -0.2) is 9.78 Å².